The molecule has 6 nitrogen and oxygen atoms in total. The number of amides is 1. The van der Waals surface area contributed by atoms with Crippen molar-refractivity contribution in [2.24, 2.45) is 0 Å². The molecule has 0 bridgehead atoms. The Balaban J connectivity index is 1.63. The Morgan fingerprint density at radius 1 is 1.00 bits per heavy atom. The van der Waals surface area contributed by atoms with Crippen molar-refractivity contribution < 1.29 is 14.3 Å². The number of para-hydroxylation sites is 2. The highest BCUT2D eigenvalue weighted by atomic mass is 16.5. The van der Waals surface area contributed by atoms with E-state index in [9.17, 15) is 9.59 Å². The van der Waals surface area contributed by atoms with Crippen LogP contribution in [0.1, 0.15) is 21.7 Å². The van der Waals surface area contributed by atoms with Gasteiger partial charge in [0.05, 0.1) is 29.2 Å². The first-order valence-corrected chi connectivity index (χ1v) is 8.70. The number of carbonyl (C=O) groups excluding carboxylic acids is 2. The van der Waals surface area contributed by atoms with Crippen molar-refractivity contribution in [3.8, 4) is 11.4 Å². The predicted molar refractivity (Wildman–Crippen MR) is 102 cm³/mol. The Kier molecular flexibility index (Phi) is 5.66. The smallest absolute Gasteiger partial charge is 0.292 e. The summed E-state index contributed by atoms with van der Waals surface area (Å²) in [7, 11) is 0. The molecule has 3 aromatic rings. The highest BCUT2D eigenvalue weighted by Gasteiger charge is 2.24. The second kappa shape index (κ2) is 8.31. The van der Waals surface area contributed by atoms with E-state index in [0.717, 1.165) is 5.69 Å². The van der Waals surface area contributed by atoms with Gasteiger partial charge in [-0.05, 0) is 38.1 Å². The summed E-state index contributed by atoms with van der Waals surface area (Å²) in [4.78, 5) is 24.8. The molecule has 0 spiro atoms. The average molecular weight is 363 g/mol. The van der Waals surface area contributed by atoms with Crippen LogP contribution in [0.2, 0.25) is 0 Å². The fourth-order valence-corrected chi connectivity index (χ4v) is 2.84. The van der Waals surface area contributed by atoms with E-state index in [2.05, 4.69) is 10.4 Å². The third kappa shape index (κ3) is 4.23. The van der Waals surface area contributed by atoms with Gasteiger partial charge in [0, 0.05) is 0 Å². The van der Waals surface area contributed by atoms with Gasteiger partial charge in [0.2, 0.25) is 0 Å². The van der Waals surface area contributed by atoms with E-state index in [4.69, 9.17) is 4.74 Å². The molecule has 0 aliphatic heterocycles. The number of ether oxygens (including phenoxy) is 1. The Hall–Kier alpha value is -3.41. The van der Waals surface area contributed by atoms with Crippen LogP contribution < -0.4 is 10.1 Å². The number of nitrogens with zero attached hydrogens (tertiary/aromatic N) is 2. The van der Waals surface area contributed by atoms with E-state index in [-0.39, 0.29) is 13.2 Å². The topological polar surface area (TPSA) is 73.2 Å². The Morgan fingerprint density at radius 2 is 1.63 bits per heavy atom. The molecule has 2 aromatic carbocycles. The molecule has 1 N–H and O–H groups in total. The number of aryl methyl sites for hydroxylation is 1. The summed E-state index contributed by atoms with van der Waals surface area (Å²) in [5.74, 6) is -0.536. The van der Waals surface area contributed by atoms with Gasteiger partial charge in [-0.1, -0.05) is 36.4 Å². The molecule has 27 heavy (non-hydrogen) atoms. The molecule has 1 aromatic heterocycles. The SMILES string of the molecule is Cc1nn(-c2ccccc2)c(C)c1C(=O)C(=O)NCCOc1ccccc1. The van der Waals surface area contributed by atoms with Crippen molar-refractivity contribution >= 4 is 11.7 Å². The molecule has 0 unspecified atom stereocenters. The highest BCUT2D eigenvalue weighted by molar-refractivity contribution is 6.43. The van der Waals surface area contributed by atoms with Crippen LogP contribution in [-0.2, 0) is 4.79 Å². The summed E-state index contributed by atoms with van der Waals surface area (Å²) in [5.41, 5.74) is 2.34. The minimum atomic E-state index is -0.662. The molecule has 138 valence electrons. The summed E-state index contributed by atoms with van der Waals surface area (Å²) in [6.45, 7) is 4.03. The van der Waals surface area contributed by atoms with E-state index in [1.54, 1.807) is 18.5 Å². The van der Waals surface area contributed by atoms with Crippen LogP contribution in [-0.4, -0.2) is 34.6 Å². The zero-order valence-corrected chi connectivity index (χ0v) is 15.3. The van der Waals surface area contributed by atoms with Crippen molar-refractivity contribution in [2.45, 2.75) is 13.8 Å². The molecule has 1 heterocycles. The number of carbonyl (C=O) groups is 2. The van der Waals surface area contributed by atoms with Crippen LogP contribution in [0.4, 0.5) is 0 Å². The van der Waals surface area contributed by atoms with Crippen LogP contribution in [0.25, 0.3) is 5.69 Å². The van der Waals surface area contributed by atoms with Gasteiger partial charge in [0.1, 0.15) is 12.4 Å². The Bertz CT molecular complexity index is 934. The number of aromatic nitrogens is 2. The first-order valence-electron chi connectivity index (χ1n) is 8.70. The zero-order valence-electron chi connectivity index (χ0n) is 15.3. The van der Waals surface area contributed by atoms with Crippen molar-refractivity contribution in [3.63, 3.8) is 0 Å². The lowest BCUT2D eigenvalue weighted by Gasteiger charge is -2.08. The van der Waals surface area contributed by atoms with E-state index in [1.807, 2.05) is 60.7 Å². The van der Waals surface area contributed by atoms with E-state index in [1.165, 1.54) is 0 Å². The standard InChI is InChI=1S/C21H21N3O3/c1-15-19(16(2)24(23-15)17-9-5-3-6-10-17)20(25)21(26)22-13-14-27-18-11-7-4-8-12-18/h3-12H,13-14H2,1-2H3,(H,22,26). The van der Waals surface area contributed by atoms with Gasteiger partial charge in [-0.3, -0.25) is 9.59 Å². The third-order valence-electron chi connectivity index (χ3n) is 4.12. The predicted octanol–water partition coefficient (Wildman–Crippen LogP) is 2.87. The summed E-state index contributed by atoms with van der Waals surface area (Å²) in [5, 5.41) is 7.02. The molecule has 0 aliphatic rings. The number of nitrogens with one attached hydrogen (secondary N) is 1. The first-order chi connectivity index (χ1) is 13.1. The number of ketones is 1. The van der Waals surface area contributed by atoms with Crippen molar-refractivity contribution in [3.05, 3.63) is 77.6 Å². The number of benzene rings is 2. The van der Waals surface area contributed by atoms with Gasteiger partial charge in [0.25, 0.3) is 11.7 Å². The molecule has 0 saturated carbocycles. The second-order valence-corrected chi connectivity index (χ2v) is 6.04. The lowest BCUT2D eigenvalue weighted by molar-refractivity contribution is -0.117. The van der Waals surface area contributed by atoms with Gasteiger partial charge in [-0.25, -0.2) is 4.68 Å². The maximum atomic E-state index is 12.6. The minimum absolute atomic E-state index is 0.240. The summed E-state index contributed by atoms with van der Waals surface area (Å²) in [6, 6.07) is 18.8. The van der Waals surface area contributed by atoms with E-state index < -0.39 is 11.7 Å². The highest BCUT2D eigenvalue weighted by Crippen LogP contribution is 2.18. The van der Waals surface area contributed by atoms with Crippen molar-refractivity contribution in [1.82, 2.24) is 15.1 Å². The minimum Gasteiger partial charge on any atom is -0.492 e. The molecular formula is C21H21N3O3. The number of hydrogen-bond donors (Lipinski definition) is 1. The first kappa shape index (κ1) is 18.4. The van der Waals surface area contributed by atoms with E-state index in [0.29, 0.717) is 22.7 Å². The molecule has 6 heteroatoms. The molecular weight excluding hydrogens is 342 g/mol. The molecule has 1 amide bonds. The quantitative estimate of drug-likeness (QED) is 0.398. The molecule has 3 rings (SSSR count). The Labute approximate surface area is 157 Å². The Morgan fingerprint density at radius 3 is 2.30 bits per heavy atom. The maximum absolute atomic E-state index is 12.6. The monoisotopic (exact) mass is 363 g/mol. The second-order valence-electron chi connectivity index (χ2n) is 6.04. The fourth-order valence-electron chi connectivity index (χ4n) is 2.84. The van der Waals surface area contributed by atoms with Crippen LogP contribution in [0.5, 0.6) is 5.75 Å². The lowest BCUT2D eigenvalue weighted by Crippen LogP contribution is -2.34. The van der Waals surface area contributed by atoms with Gasteiger partial charge in [-0.2, -0.15) is 5.10 Å². The molecule has 0 saturated heterocycles. The van der Waals surface area contributed by atoms with Gasteiger partial charge < -0.3 is 10.1 Å². The molecule has 0 atom stereocenters. The number of Topliss-reactive ketones (excluding diaryl/α,β-unsaturated/α-hetero) is 1. The molecule has 0 fully saturated rings. The fraction of sp³-hybridized carbons (Fsp3) is 0.190. The van der Waals surface area contributed by atoms with Crippen LogP contribution in [0, 0.1) is 13.8 Å². The maximum Gasteiger partial charge on any atom is 0.292 e. The van der Waals surface area contributed by atoms with Crippen LogP contribution in [0.15, 0.2) is 60.7 Å². The average Bonchev–Trinajstić information content (AvgIpc) is 3.00. The zero-order chi connectivity index (χ0) is 19.2. The normalized spacial score (nSPS) is 10.4. The summed E-state index contributed by atoms with van der Waals surface area (Å²) in [6.07, 6.45) is 0. The van der Waals surface area contributed by atoms with Crippen LogP contribution >= 0.6 is 0 Å². The third-order valence-corrected chi connectivity index (χ3v) is 4.12. The molecule has 0 radical (unpaired) electrons. The van der Waals surface area contributed by atoms with Gasteiger partial charge >= 0.3 is 0 Å². The van der Waals surface area contributed by atoms with Gasteiger partial charge in [-0.15, -0.1) is 0 Å². The lowest BCUT2D eigenvalue weighted by atomic mass is 10.1. The van der Waals surface area contributed by atoms with Crippen molar-refractivity contribution in [1.29, 1.82) is 0 Å². The summed E-state index contributed by atoms with van der Waals surface area (Å²) < 4.78 is 7.18. The van der Waals surface area contributed by atoms with Crippen LogP contribution in [0.3, 0.4) is 0 Å². The number of hydrogen-bond acceptors (Lipinski definition) is 4. The number of rotatable bonds is 7. The van der Waals surface area contributed by atoms with Crippen molar-refractivity contribution in [2.75, 3.05) is 13.2 Å². The summed E-state index contributed by atoms with van der Waals surface area (Å²) >= 11 is 0. The molecule has 0 aliphatic carbocycles. The van der Waals surface area contributed by atoms with E-state index >= 15 is 0 Å². The van der Waals surface area contributed by atoms with Gasteiger partial charge in [0.15, 0.2) is 0 Å². The largest absolute Gasteiger partial charge is 0.492 e.